The van der Waals surface area contributed by atoms with Crippen LogP contribution >= 0.6 is 0 Å². The molecule has 1 aliphatic heterocycles. The number of hydrogen-bond donors (Lipinski definition) is 0. The van der Waals surface area contributed by atoms with E-state index in [4.69, 9.17) is 0 Å². The van der Waals surface area contributed by atoms with Crippen LogP contribution in [0.1, 0.15) is 0 Å². The van der Waals surface area contributed by atoms with Crippen molar-refractivity contribution in [3.63, 3.8) is 0 Å². The van der Waals surface area contributed by atoms with Gasteiger partial charge in [0.15, 0.2) is 0 Å². The number of benzene rings is 2. The van der Waals surface area contributed by atoms with Crippen molar-refractivity contribution in [2.45, 2.75) is 6.54 Å². The van der Waals surface area contributed by atoms with Crippen molar-refractivity contribution in [3.8, 4) is 11.1 Å². The molecule has 0 aliphatic carbocycles. The van der Waals surface area contributed by atoms with Gasteiger partial charge in [0, 0.05) is 52.0 Å². The van der Waals surface area contributed by atoms with Crippen LogP contribution < -0.4 is 16.1 Å². The van der Waals surface area contributed by atoms with E-state index in [0.717, 1.165) is 15.7 Å². The number of carbonyl (C=O) groups is 1. The van der Waals surface area contributed by atoms with Gasteiger partial charge in [-0.05, 0) is 17.7 Å². The number of amides is 1. The first-order chi connectivity index (χ1) is 16.9. The minimum absolute atomic E-state index is 0.188. The molecule has 0 bridgehead atoms. The van der Waals surface area contributed by atoms with Crippen molar-refractivity contribution in [2.24, 2.45) is 14.1 Å². The first-order valence-electron chi connectivity index (χ1n) is 11.5. The van der Waals surface area contributed by atoms with Gasteiger partial charge in [0.1, 0.15) is 17.9 Å². The van der Waals surface area contributed by atoms with Gasteiger partial charge in [-0.1, -0.05) is 42.5 Å². The lowest BCUT2D eigenvalue weighted by Gasteiger charge is -2.36. The summed E-state index contributed by atoms with van der Waals surface area (Å²) in [7, 11) is 3.18. The van der Waals surface area contributed by atoms with Crippen LogP contribution in [0.5, 0.6) is 0 Å². The quantitative estimate of drug-likeness (QED) is 0.454. The largest absolute Gasteiger partial charge is 0.366 e. The van der Waals surface area contributed by atoms with Crippen LogP contribution in [-0.2, 0) is 25.4 Å². The van der Waals surface area contributed by atoms with Gasteiger partial charge >= 0.3 is 5.69 Å². The maximum Gasteiger partial charge on any atom is 0.331 e. The number of aromatic nitrogens is 3. The average Bonchev–Trinajstić information content (AvgIpc) is 3.23. The maximum atomic E-state index is 14.2. The number of piperazine rings is 1. The van der Waals surface area contributed by atoms with Gasteiger partial charge in [0.05, 0.1) is 11.2 Å². The zero-order valence-electron chi connectivity index (χ0n) is 19.6. The number of carbonyl (C=O) groups excluding carboxylic acids is 1. The van der Waals surface area contributed by atoms with Gasteiger partial charge in [-0.25, -0.2) is 9.18 Å². The summed E-state index contributed by atoms with van der Waals surface area (Å²) < 4.78 is 18.3. The highest BCUT2D eigenvalue weighted by atomic mass is 19.1. The molecule has 0 spiro atoms. The van der Waals surface area contributed by atoms with E-state index in [2.05, 4.69) is 0 Å². The molecule has 8 nitrogen and oxygen atoms in total. The SMILES string of the molecule is Cn1c(=O)c2c(c(-c3ccccc3)cn2C)n(CC(=O)N2CCN(c3ccccc3F)CC2)c1=O. The first-order valence-corrected chi connectivity index (χ1v) is 11.5. The molecule has 5 rings (SSSR count). The molecule has 35 heavy (non-hydrogen) atoms. The van der Waals surface area contributed by atoms with E-state index >= 15 is 0 Å². The number of para-hydroxylation sites is 1. The Labute approximate surface area is 201 Å². The highest BCUT2D eigenvalue weighted by Crippen LogP contribution is 2.28. The highest BCUT2D eigenvalue weighted by molar-refractivity contribution is 5.93. The summed E-state index contributed by atoms with van der Waals surface area (Å²) in [4.78, 5) is 43.0. The second-order valence-electron chi connectivity index (χ2n) is 8.77. The van der Waals surface area contributed by atoms with E-state index in [1.165, 1.54) is 17.7 Å². The zero-order chi connectivity index (χ0) is 24.7. The number of anilines is 1. The molecule has 1 amide bonds. The van der Waals surface area contributed by atoms with Crippen LogP contribution in [0.2, 0.25) is 0 Å². The molecule has 1 aliphatic rings. The summed E-state index contributed by atoms with van der Waals surface area (Å²) >= 11 is 0. The summed E-state index contributed by atoms with van der Waals surface area (Å²) in [5, 5.41) is 0. The fourth-order valence-electron chi connectivity index (χ4n) is 4.78. The molecule has 0 unspecified atom stereocenters. The van der Waals surface area contributed by atoms with Crippen molar-refractivity contribution in [3.05, 3.63) is 87.4 Å². The molecule has 4 aromatic rings. The number of aryl methyl sites for hydroxylation is 1. The molecule has 0 radical (unpaired) electrons. The van der Waals surface area contributed by atoms with E-state index in [9.17, 15) is 18.8 Å². The Morgan fingerprint density at radius 1 is 0.886 bits per heavy atom. The molecule has 0 atom stereocenters. The molecule has 2 aromatic carbocycles. The lowest BCUT2D eigenvalue weighted by molar-refractivity contribution is -0.132. The molecule has 2 aromatic heterocycles. The number of fused-ring (bicyclic) bond motifs is 1. The Balaban J connectivity index is 1.48. The minimum Gasteiger partial charge on any atom is -0.366 e. The van der Waals surface area contributed by atoms with E-state index in [0.29, 0.717) is 42.9 Å². The lowest BCUT2D eigenvalue weighted by atomic mass is 10.1. The van der Waals surface area contributed by atoms with Crippen molar-refractivity contribution >= 4 is 22.6 Å². The minimum atomic E-state index is -0.538. The topological polar surface area (TPSA) is 72.5 Å². The number of rotatable bonds is 4. The summed E-state index contributed by atoms with van der Waals surface area (Å²) in [6.07, 6.45) is 1.81. The number of halogens is 1. The second-order valence-corrected chi connectivity index (χ2v) is 8.77. The third-order valence-electron chi connectivity index (χ3n) is 6.65. The van der Waals surface area contributed by atoms with Crippen LogP contribution in [0, 0.1) is 5.82 Å². The first kappa shape index (κ1) is 22.6. The van der Waals surface area contributed by atoms with Crippen LogP contribution in [0.25, 0.3) is 22.2 Å². The van der Waals surface area contributed by atoms with Gasteiger partial charge in [-0.2, -0.15) is 0 Å². The van der Waals surface area contributed by atoms with Crippen molar-refractivity contribution in [1.82, 2.24) is 18.6 Å². The van der Waals surface area contributed by atoms with E-state index in [-0.39, 0.29) is 18.3 Å². The number of hydrogen-bond acceptors (Lipinski definition) is 4. The summed E-state index contributed by atoms with van der Waals surface area (Å²) in [5.41, 5.74) is 1.96. The Morgan fingerprint density at radius 3 is 2.23 bits per heavy atom. The predicted octanol–water partition coefficient (Wildman–Crippen LogP) is 2.19. The smallest absolute Gasteiger partial charge is 0.331 e. The Hall–Kier alpha value is -4.14. The summed E-state index contributed by atoms with van der Waals surface area (Å²) in [6, 6.07) is 16.1. The molecule has 1 saturated heterocycles. The molecule has 9 heteroatoms. The van der Waals surface area contributed by atoms with Crippen molar-refractivity contribution in [2.75, 3.05) is 31.1 Å². The van der Waals surface area contributed by atoms with Crippen LogP contribution in [0.4, 0.5) is 10.1 Å². The molecule has 0 saturated carbocycles. The highest BCUT2D eigenvalue weighted by Gasteiger charge is 2.26. The fourth-order valence-corrected chi connectivity index (χ4v) is 4.78. The Morgan fingerprint density at radius 2 is 1.54 bits per heavy atom. The molecule has 1 fully saturated rings. The molecule has 180 valence electrons. The van der Waals surface area contributed by atoms with E-state index in [1.54, 1.807) is 34.7 Å². The number of nitrogens with zero attached hydrogens (tertiary/aromatic N) is 5. The van der Waals surface area contributed by atoms with Gasteiger partial charge in [-0.15, -0.1) is 0 Å². The van der Waals surface area contributed by atoms with E-state index < -0.39 is 11.2 Å². The molecular weight excluding hydrogens is 449 g/mol. The molecular formula is C26H26FN5O3. The Kier molecular flexibility index (Phi) is 5.76. The van der Waals surface area contributed by atoms with Crippen molar-refractivity contribution in [1.29, 1.82) is 0 Å². The van der Waals surface area contributed by atoms with Gasteiger partial charge in [-0.3, -0.25) is 18.7 Å². The molecule has 3 heterocycles. The molecule has 0 N–H and O–H groups in total. The van der Waals surface area contributed by atoms with Crippen LogP contribution in [0.3, 0.4) is 0 Å². The normalized spacial score (nSPS) is 14.0. The maximum absolute atomic E-state index is 14.2. The lowest BCUT2D eigenvalue weighted by Crippen LogP contribution is -2.51. The van der Waals surface area contributed by atoms with Gasteiger partial charge in [0.2, 0.25) is 5.91 Å². The summed E-state index contributed by atoms with van der Waals surface area (Å²) in [6.45, 7) is 1.62. The Bertz CT molecular complexity index is 1530. The van der Waals surface area contributed by atoms with Crippen molar-refractivity contribution < 1.29 is 9.18 Å². The zero-order valence-corrected chi connectivity index (χ0v) is 19.6. The van der Waals surface area contributed by atoms with Crippen LogP contribution in [0.15, 0.2) is 70.4 Å². The predicted molar refractivity (Wildman–Crippen MR) is 133 cm³/mol. The van der Waals surface area contributed by atoms with E-state index in [1.807, 2.05) is 41.4 Å². The standard InChI is InChI=1S/C26H26FN5O3/c1-28-16-19(18-8-4-3-5-9-18)23-24(28)25(34)29(2)26(35)32(23)17-22(33)31-14-12-30(13-15-31)21-11-7-6-10-20(21)27/h3-11,16H,12-15,17H2,1-2H3. The fraction of sp³-hybridized carbons (Fsp3) is 0.269. The third kappa shape index (κ3) is 3.92. The second kappa shape index (κ2) is 8.90. The van der Waals surface area contributed by atoms with Gasteiger partial charge in [0.25, 0.3) is 5.56 Å². The van der Waals surface area contributed by atoms with Gasteiger partial charge < -0.3 is 14.4 Å². The van der Waals surface area contributed by atoms with Crippen LogP contribution in [-0.4, -0.2) is 50.7 Å². The average molecular weight is 476 g/mol. The monoisotopic (exact) mass is 475 g/mol. The summed E-state index contributed by atoms with van der Waals surface area (Å²) in [5.74, 6) is -0.507. The third-order valence-corrected chi connectivity index (χ3v) is 6.65.